The lowest BCUT2D eigenvalue weighted by Crippen LogP contribution is -2.58. The van der Waals surface area contributed by atoms with E-state index in [1.165, 1.54) is 32.0 Å². The van der Waals surface area contributed by atoms with Crippen molar-refractivity contribution in [2.75, 3.05) is 18.4 Å². The molecule has 2 aliphatic carbocycles. The molecule has 3 aliphatic rings. The number of carbonyl (C=O) groups excluding carboxylic acids is 1. The number of aromatic nitrogens is 3. The standard InChI is InChI=1S/C25H29ClN6O2S/c1-14(2)31-12-17(13-31)35(34)29-25(33)27-24-19-5-3-4-15(19)10-21-18(7-8-20(21)24)16-6-9-23-22(11-16)28-30-32(23)26/h6,9-11,14,17-18H,3-5,7-8,12-13H2,1-2H3,(H2,27,29,33). The van der Waals surface area contributed by atoms with Crippen molar-refractivity contribution in [1.29, 1.82) is 0 Å². The van der Waals surface area contributed by atoms with Crippen molar-refractivity contribution in [3.05, 3.63) is 52.1 Å². The largest absolute Gasteiger partial charge is 0.331 e. The molecule has 10 heteroatoms. The molecule has 0 saturated carbocycles. The van der Waals surface area contributed by atoms with Gasteiger partial charge in [-0.25, -0.2) is 9.00 Å². The first-order valence-corrected chi connectivity index (χ1v) is 13.9. The number of amides is 2. The Balaban J connectivity index is 1.25. The first-order valence-electron chi connectivity index (χ1n) is 12.3. The molecule has 2 aromatic carbocycles. The van der Waals surface area contributed by atoms with Crippen LogP contribution < -0.4 is 10.0 Å². The van der Waals surface area contributed by atoms with Gasteiger partial charge in [-0.3, -0.25) is 9.62 Å². The summed E-state index contributed by atoms with van der Waals surface area (Å²) in [6.45, 7) is 5.76. The molecule has 0 radical (unpaired) electrons. The van der Waals surface area contributed by atoms with E-state index in [0.717, 1.165) is 61.9 Å². The molecule has 3 aromatic rings. The van der Waals surface area contributed by atoms with E-state index in [1.54, 1.807) is 0 Å². The molecule has 1 saturated heterocycles. The average Bonchev–Trinajstić information content (AvgIpc) is 3.50. The van der Waals surface area contributed by atoms with Gasteiger partial charge >= 0.3 is 6.03 Å². The van der Waals surface area contributed by atoms with Gasteiger partial charge in [-0.15, -0.1) is 5.10 Å². The zero-order chi connectivity index (χ0) is 24.3. The molecule has 184 valence electrons. The van der Waals surface area contributed by atoms with E-state index in [1.807, 2.05) is 6.07 Å². The van der Waals surface area contributed by atoms with Gasteiger partial charge in [-0.1, -0.05) is 12.1 Å². The minimum absolute atomic E-state index is 0.0133. The van der Waals surface area contributed by atoms with Crippen molar-refractivity contribution >= 4 is 45.5 Å². The number of rotatable bonds is 5. The molecule has 1 fully saturated rings. The number of urea groups is 1. The highest BCUT2D eigenvalue weighted by Crippen LogP contribution is 2.46. The van der Waals surface area contributed by atoms with Gasteiger partial charge in [-0.2, -0.15) is 4.20 Å². The smallest absolute Gasteiger partial charge is 0.307 e. The highest BCUT2D eigenvalue weighted by molar-refractivity contribution is 7.84. The number of fused-ring (bicyclic) bond motifs is 3. The second-order valence-electron chi connectivity index (χ2n) is 10.1. The lowest BCUT2D eigenvalue weighted by atomic mass is 9.90. The minimum Gasteiger partial charge on any atom is -0.307 e. The van der Waals surface area contributed by atoms with Gasteiger partial charge < -0.3 is 5.32 Å². The highest BCUT2D eigenvalue weighted by Gasteiger charge is 2.35. The Kier molecular flexibility index (Phi) is 5.81. The van der Waals surface area contributed by atoms with Crippen LogP contribution in [0.5, 0.6) is 0 Å². The van der Waals surface area contributed by atoms with E-state index < -0.39 is 11.0 Å². The fourth-order valence-electron chi connectivity index (χ4n) is 5.80. The van der Waals surface area contributed by atoms with Gasteiger partial charge in [0.15, 0.2) is 0 Å². The third-order valence-corrected chi connectivity index (χ3v) is 9.31. The lowest BCUT2D eigenvalue weighted by Gasteiger charge is -2.40. The van der Waals surface area contributed by atoms with Crippen LogP contribution in [-0.2, 0) is 30.2 Å². The predicted molar refractivity (Wildman–Crippen MR) is 138 cm³/mol. The molecule has 1 aliphatic heterocycles. The Bertz CT molecular complexity index is 1350. The number of anilines is 1. The van der Waals surface area contributed by atoms with Crippen molar-refractivity contribution in [3.8, 4) is 0 Å². The number of nitrogens with zero attached hydrogens (tertiary/aromatic N) is 4. The SMILES string of the molecule is CC(C)N1CC(S(=O)NC(=O)Nc2c3c(cc4c2CCC4c2ccc4c(c2)nnn4Cl)CCC3)C1. The summed E-state index contributed by atoms with van der Waals surface area (Å²) in [5.41, 5.74) is 8.70. The molecule has 0 spiro atoms. The zero-order valence-corrected chi connectivity index (χ0v) is 21.5. The van der Waals surface area contributed by atoms with Crippen molar-refractivity contribution in [2.24, 2.45) is 0 Å². The summed E-state index contributed by atoms with van der Waals surface area (Å²) in [5.74, 6) is 0.232. The van der Waals surface area contributed by atoms with E-state index >= 15 is 0 Å². The maximum absolute atomic E-state index is 12.9. The fourth-order valence-corrected chi connectivity index (χ4v) is 7.04. The summed E-state index contributed by atoms with van der Waals surface area (Å²) in [6.07, 6.45) is 4.92. The molecule has 2 unspecified atom stereocenters. The number of halogens is 1. The van der Waals surface area contributed by atoms with Crippen LogP contribution in [-0.4, -0.2) is 54.0 Å². The van der Waals surface area contributed by atoms with Gasteiger partial charge in [-0.05, 0) is 91.1 Å². The van der Waals surface area contributed by atoms with Crippen molar-refractivity contribution in [3.63, 3.8) is 0 Å². The molecule has 35 heavy (non-hydrogen) atoms. The van der Waals surface area contributed by atoms with Gasteiger partial charge in [0.25, 0.3) is 0 Å². The Morgan fingerprint density at radius 3 is 2.80 bits per heavy atom. The third-order valence-electron chi connectivity index (χ3n) is 7.77. The Morgan fingerprint density at radius 1 is 1.17 bits per heavy atom. The first kappa shape index (κ1) is 22.9. The number of likely N-dealkylation sites (tertiary alicyclic amines) is 1. The van der Waals surface area contributed by atoms with Gasteiger partial charge in [0.1, 0.15) is 22.0 Å². The van der Waals surface area contributed by atoms with E-state index in [0.29, 0.717) is 6.04 Å². The summed E-state index contributed by atoms with van der Waals surface area (Å²) in [7, 11) is -1.39. The molecule has 2 N–H and O–H groups in total. The average molecular weight is 513 g/mol. The van der Waals surface area contributed by atoms with E-state index in [2.05, 4.69) is 57.3 Å². The summed E-state index contributed by atoms with van der Waals surface area (Å²) in [5, 5.41) is 11.2. The van der Waals surface area contributed by atoms with Crippen LogP contribution in [0, 0.1) is 0 Å². The molecule has 2 amide bonds. The third kappa shape index (κ3) is 4.03. The predicted octanol–water partition coefficient (Wildman–Crippen LogP) is 3.88. The fraction of sp³-hybridized carbons (Fsp3) is 0.480. The van der Waals surface area contributed by atoms with E-state index in [4.69, 9.17) is 11.8 Å². The van der Waals surface area contributed by atoms with Crippen LogP contribution in [0.2, 0.25) is 0 Å². The Hall–Kier alpha value is -2.49. The molecular formula is C25H29ClN6O2S. The Labute approximate surface area is 212 Å². The molecule has 8 nitrogen and oxygen atoms in total. The normalized spacial score (nSPS) is 20.6. The second kappa shape index (κ2) is 8.87. The molecule has 2 atom stereocenters. The van der Waals surface area contributed by atoms with Gasteiger partial charge in [0.2, 0.25) is 0 Å². The molecular weight excluding hydrogens is 484 g/mol. The lowest BCUT2D eigenvalue weighted by molar-refractivity contribution is 0.144. The van der Waals surface area contributed by atoms with Gasteiger partial charge in [0.05, 0.1) is 5.25 Å². The van der Waals surface area contributed by atoms with Gasteiger partial charge in [0, 0.05) is 42.5 Å². The number of benzene rings is 2. The quantitative estimate of drug-likeness (QED) is 0.541. The number of carbonyl (C=O) groups is 1. The number of hydrogen-bond acceptors (Lipinski definition) is 5. The molecule has 0 bridgehead atoms. The maximum atomic E-state index is 12.9. The topological polar surface area (TPSA) is 92.2 Å². The second-order valence-corrected chi connectivity index (χ2v) is 11.9. The highest BCUT2D eigenvalue weighted by atomic mass is 35.5. The summed E-state index contributed by atoms with van der Waals surface area (Å²) in [4.78, 5) is 15.2. The summed E-state index contributed by atoms with van der Waals surface area (Å²) in [6, 6.07) is 8.52. The molecule has 1 aromatic heterocycles. The monoisotopic (exact) mass is 512 g/mol. The number of nitrogens with one attached hydrogen (secondary N) is 2. The number of aryl methyl sites for hydroxylation is 1. The van der Waals surface area contributed by atoms with Crippen LogP contribution in [0.25, 0.3) is 11.0 Å². The zero-order valence-electron chi connectivity index (χ0n) is 19.9. The number of hydrogen-bond donors (Lipinski definition) is 2. The van der Waals surface area contributed by atoms with Crippen LogP contribution in [0.15, 0.2) is 24.3 Å². The van der Waals surface area contributed by atoms with Crippen LogP contribution in [0.4, 0.5) is 10.5 Å². The van der Waals surface area contributed by atoms with Crippen molar-refractivity contribution in [2.45, 2.75) is 63.2 Å². The summed E-state index contributed by atoms with van der Waals surface area (Å²) < 4.78 is 16.7. The molecule has 2 heterocycles. The van der Waals surface area contributed by atoms with Crippen LogP contribution in [0.1, 0.15) is 60.4 Å². The molecule has 6 rings (SSSR count). The van der Waals surface area contributed by atoms with Crippen LogP contribution in [0.3, 0.4) is 0 Å². The minimum atomic E-state index is -1.39. The van der Waals surface area contributed by atoms with E-state index in [-0.39, 0.29) is 17.2 Å². The van der Waals surface area contributed by atoms with Crippen LogP contribution >= 0.6 is 11.8 Å². The Morgan fingerprint density at radius 2 is 2.00 bits per heavy atom. The van der Waals surface area contributed by atoms with Crippen molar-refractivity contribution < 1.29 is 9.00 Å². The summed E-state index contributed by atoms with van der Waals surface area (Å²) >= 11 is 6.06. The van der Waals surface area contributed by atoms with Crippen molar-refractivity contribution in [1.82, 2.24) is 24.1 Å². The first-order chi connectivity index (χ1) is 16.9. The van der Waals surface area contributed by atoms with E-state index in [9.17, 15) is 9.00 Å². The maximum Gasteiger partial charge on any atom is 0.331 e.